The molecule has 9 heteroatoms. The Bertz CT molecular complexity index is 1130. The molecular formula is C20H26N4O5. The summed E-state index contributed by atoms with van der Waals surface area (Å²) in [6.07, 6.45) is -0.169. The van der Waals surface area contributed by atoms with Crippen molar-refractivity contribution in [3.8, 4) is 11.8 Å². The average molecular weight is 402 g/mol. The van der Waals surface area contributed by atoms with Crippen LogP contribution in [-0.4, -0.2) is 43.1 Å². The molecule has 0 aliphatic heterocycles. The molecule has 1 aromatic carbocycles. The average Bonchev–Trinajstić information content (AvgIpc) is 3.06. The number of hydrogen-bond acceptors (Lipinski definition) is 6. The normalized spacial score (nSPS) is 12.3. The summed E-state index contributed by atoms with van der Waals surface area (Å²) in [7, 11) is 2.95. The highest BCUT2D eigenvalue weighted by atomic mass is 16.5. The van der Waals surface area contributed by atoms with Crippen molar-refractivity contribution in [2.45, 2.75) is 32.9 Å². The zero-order chi connectivity index (χ0) is 21.1. The van der Waals surface area contributed by atoms with Gasteiger partial charge in [-0.25, -0.2) is 4.79 Å². The summed E-state index contributed by atoms with van der Waals surface area (Å²) in [6, 6.07) is 7.71. The molecule has 2 aromatic heterocycles. The van der Waals surface area contributed by atoms with Crippen molar-refractivity contribution in [3.05, 3.63) is 50.7 Å². The van der Waals surface area contributed by atoms with E-state index in [1.54, 1.807) is 7.05 Å². The Morgan fingerprint density at radius 2 is 1.86 bits per heavy atom. The number of nitrogens with zero attached hydrogens (tertiary/aromatic N) is 4. The lowest BCUT2D eigenvalue weighted by atomic mass is 10.2. The van der Waals surface area contributed by atoms with E-state index in [4.69, 9.17) is 9.47 Å². The topological polar surface area (TPSA) is 101 Å². The smallest absolute Gasteiger partial charge is 0.332 e. The SMILES string of the molecule is CCCOc1nc2c(c(=O)n(C)c(=O)n2C)n1C[C@H](O)COc1ccccc1C. The van der Waals surface area contributed by atoms with Gasteiger partial charge in [0, 0.05) is 14.1 Å². The van der Waals surface area contributed by atoms with Gasteiger partial charge in [-0.05, 0) is 25.0 Å². The maximum atomic E-state index is 12.7. The molecule has 0 aliphatic rings. The van der Waals surface area contributed by atoms with Gasteiger partial charge < -0.3 is 14.6 Å². The fraction of sp³-hybridized carbons (Fsp3) is 0.450. The van der Waals surface area contributed by atoms with E-state index in [9.17, 15) is 14.7 Å². The highest BCUT2D eigenvalue weighted by Crippen LogP contribution is 2.20. The van der Waals surface area contributed by atoms with Crippen LogP contribution in [0.1, 0.15) is 18.9 Å². The van der Waals surface area contributed by atoms with Crippen molar-refractivity contribution in [2.24, 2.45) is 14.1 Å². The Kier molecular flexibility index (Phi) is 6.07. The van der Waals surface area contributed by atoms with E-state index in [0.717, 1.165) is 16.6 Å². The Labute approximate surface area is 167 Å². The number of benzene rings is 1. The third kappa shape index (κ3) is 4.04. The molecule has 0 bridgehead atoms. The Morgan fingerprint density at radius 3 is 2.55 bits per heavy atom. The van der Waals surface area contributed by atoms with Gasteiger partial charge in [0.15, 0.2) is 11.2 Å². The van der Waals surface area contributed by atoms with E-state index >= 15 is 0 Å². The third-order valence-electron chi connectivity index (χ3n) is 4.67. The molecule has 9 nitrogen and oxygen atoms in total. The van der Waals surface area contributed by atoms with Crippen molar-refractivity contribution in [3.63, 3.8) is 0 Å². The first-order valence-corrected chi connectivity index (χ1v) is 9.50. The van der Waals surface area contributed by atoms with Crippen LogP contribution in [0.5, 0.6) is 11.8 Å². The number of aliphatic hydroxyl groups is 1. The Balaban J connectivity index is 1.95. The van der Waals surface area contributed by atoms with E-state index in [1.807, 2.05) is 38.1 Å². The number of aliphatic hydroxyl groups excluding tert-OH is 1. The lowest BCUT2D eigenvalue weighted by Gasteiger charge is -2.16. The van der Waals surface area contributed by atoms with E-state index in [-0.39, 0.29) is 30.3 Å². The second-order valence-corrected chi connectivity index (χ2v) is 6.96. The Morgan fingerprint density at radius 1 is 1.14 bits per heavy atom. The zero-order valence-corrected chi connectivity index (χ0v) is 17.1. The molecule has 3 aromatic rings. The van der Waals surface area contributed by atoms with Crippen molar-refractivity contribution in [1.82, 2.24) is 18.7 Å². The number of aromatic nitrogens is 4. The lowest BCUT2D eigenvalue weighted by Crippen LogP contribution is -2.38. The largest absolute Gasteiger partial charge is 0.491 e. The van der Waals surface area contributed by atoms with Gasteiger partial charge in [0.1, 0.15) is 18.5 Å². The molecule has 3 rings (SSSR count). The molecule has 0 aliphatic carbocycles. The van der Waals surface area contributed by atoms with Crippen LogP contribution < -0.4 is 20.7 Å². The summed E-state index contributed by atoms with van der Waals surface area (Å²) >= 11 is 0. The Hall–Kier alpha value is -3.07. The number of aryl methyl sites for hydroxylation is 2. The first-order valence-electron chi connectivity index (χ1n) is 9.50. The lowest BCUT2D eigenvalue weighted by molar-refractivity contribution is 0.0899. The van der Waals surface area contributed by atoms with Crippen LogP contribution in [0.4, 0.5) is 0 Å². The molecule has 0 amide bonds. The van der Waals surface area contributed by atoms with Gasteiger partial charge in [-0.15, -0.1) is 0 Å². The van der Waals surface area contributed by atoms with Crippen LogP contribution in [0.15, 0.2) is 33.9 Å². The van der Waals surface area contributed by atoms with Crippen LogP contribution in [0.25, 0.3) is 11.2 Å². The first-order chi connectivity index (χ1) is 13.8. The molecule has 2 heterocycles. The number of rotatable bonds is 8. The standard InChI is InChI=1S/C20H26N4O5/c1-5-10-28-19-21-17-16(18(26)23(4)20(27)22(17)3)24(19)11-14(25)12-29-15-9-7-6-8-13(15)2/h6-9,14,25H,5,10-12H2,1-4H3/t14-/m0/s1. The molecule has 0 unspecified atom stereocenters. The highest BCUT2D eigenvalue weighted by Gasteiger charge is 2.22. The minimum Gasteiger partial charge on any atom is -0.491 e. The van der Waals surface area contributed by atoms with Crippen molar-refractivity contribution in [2.75, 3.05) is 13.2 Å². The molecule has 0 saturated heterocycles. The van der Waals surface area contributed by atoms with Gasteiger partial charge in [0.25, 0.3) is 11.6 Å². The highest BCUT2D eigenvalue weighted by molar-refractivity contribution is 5.71. The van der Waals surface area contributed by atoms with E-state index in [2.05, 4.69) is 4.98 Å². The van der Waals surface area contributed by atoms with Crippen LogP contribution >= 0.6 is 0 Å². The van der Waals surface area contributed by atoms with Gasteiger partial charge in [-0.3, -0.25) is 18.5 Å². The van der Waals surface area contributed by atoms with Crippen LogP contribution in [0.3, 0.4) is 0 Å². The van der Waals surface area contributed by atoms with Crippen molar-refractivity contribution in [1.29, 1.82) is 0 Å². The second-order valence-electron chi connectivity index (χ2n) is 6.96. The van der Waals surface area contributed by atoms with Gasteiger partial charge in [-0.1, -0.05) is 25.1 Å². The molecular weight excluding hydrogens is 376 g/mol. The molecule has 0 saturated carbocycles. The van der Waals surface area contributed by atoms with Gasteiger partial charge in [0.05, 0.1) is 13.2 Å². The maximum Gasteiger partial charge on any atom is 0.332 e. The molecule has 1 atom stereocenters. The molecule has 0 fully saturated rings. The second kappa shape index (κ2) is 8.52. The summed E-state index contributed by atoms with van der Waals surface area (Å²) in [6.45, 7) is 4.34. The number of fused-ring (bicyclic) bond motifs is 1. The van der Waals surface area contributed by atoms with Gasteiger partial charge in [-0.2, -0.15) is 4.98 Å². The first kappa shape index (κ1) is 20.7. The predicted molar refractivity (Wildman–Crippen MR) is 109 cm³/mol. The molecule has 156 valence electrons. The van der Waals surface area contributed by atoms with Crippen molar-refractivity contribution >= 4 is 11.2 Å². The van der Waals surface area contributed by atoms with Crippen LogP contribution in [0, 0.1) is 6.92 Å². The molecule has 1 N–H and O–H groups in total. The van der Waals surface area contributed by atoms with Crippen LogP contribution in [0.2, 0.25) is 0 Å². The fourth-order valence-electron chi connectivity index (χ4n) is 3.07. The predicted octanol–water partition coefficient (Wildman–Crippen LogP) is 0.971. The zero-order valence-electron chi connectivity index (χ0n) is 17.1. The summed E-state index contributed by atoms with van der Waals surface area (Å²) in [5.74, 6) is 0.683. The maximum absolute atomic E-state index is 12.7. The number of hydrogen-bond donors (Lipinski definition) is 1. The van der Waals surface area contributed by atoms with Gasteiger partial charge >= 0.3 is 5.69 Å². The summed E-state index contributed by atoms with van der Waals surface area (Å²) < 4.78 is 15.2. The minimum absolute atomic E-state index is 0.0316. The summed E-state index contributed by atoms with van der Waals surface area (Å²) in [4.78, 5) is 29.3. The summed E-state index contributed by atoms with van der Waals surface area (Å²) in [5, 5.41) is 10.6. The molecule has 0 spiro atoms. The summed E-state index contributed by atoms with van der Waals surface area (Å²) in [5.41, 5.74) is 0.419. The number of imidazole rings is 1. The van der Waals surface area contributed by atoms with E-state index < -0.39 is 17.4 Å². The molecule has 0 radical (unpaired) electrons. The van der Waals surface area contributed by atoms with Crippen LogP contribution in [-0.2, 0) is 20.6 Å². The van der Waals surface area contributed by atoms with E-state index in [1.165, 1.54) is 16.2 Å². The minimum atomic E-state index is -0.919. The monoisotopic (exact) mass is 402 g/mol. The van der Waals surface area contributed by atoms with E-state index in [0.29, 0.717) is 12.4 Å². The fourth-order valence-corrected chi connectivity index (χ4v) is 3.07. The van der Waals surface area contributed by atoms with Crippen molar-refractivity contribution < 1.29 is 14.6 Å². The number of para-hydroxylation sites is 1. The quantitative estimate of drug-likeness (QED) is 0.603. The number of ether oxygens (including phenoxy) is 2. The molecule has 29 heavy (non-hydrogen) atoms. The third-order valence-corrected chi connectivity index (χ3v) is 4.67. The van der Waals surface area contributed by atoms with Gasteiger partial charge in [0.2, 0.25) is 0 Å².